The van der Waals surface area contributed by atoms with Gasteiger partial charge in [0.25, 0.3) is 0 Å². The second-order valence-electron chi connectivity index (χ2n) is 3.21. The van der Waals surface area contributed by atoms with Gasteiger partial charge in [0.1, 0.15) is 12.5 Å². The number of esters is 1. The van der Waals surface area contributed by atoms with Gasteiger partial charge in [0.05, 0.1) is 6.42 Å². The van der Waals surface area contributed by atoms with E-state index in [-0.39, 0.29) is 13.0 Å². The van der Waals surface area contributed by atoms with E-state index in [4.69, 9.17) is 4.74 Å². The van der Waals surface area contributed by atoms with Gasteiger partial charge >= 0.3 is 5.97 Å². The van der Waals surface area contributed by atoms with Crippen LogP contribution in [0.2, 0.25) is 0 Å². The van der Waals surface area contributed by atoms with Crippen LogP contribution in [0.15, 0.2) is 35.9 Å². The van der Waals surface area contributed by atoms with Crippen molar-refractivity contribution in [1.82, 2.24) is 0 Å². The Morgan fingerprint density at radius 1 is 1.33 bits per heavy atom. The lowest BCUT2D eigenvalue weighted by Gasteiger charge is -2.03. The number of carbonyl (C=O) groups excluding carboxylic acids is 2. The van der Waals surface area contributed by atoms with E-state index in [0.29, 0.717) is 5.57 Å². The largest absolute Gasteiger partial charge is 0.461 e. The SMILES string of the molecule is CC(=C=O)CC(=O)OCc1ccccc1. The zero-order valence-corrected chi connectivity index (χ0v) is 8.53. The zero-order valence-electron chi connectivity index (χ0n) is 8.53. The maximum absolute atomic E-state index is 11.2. The molecule has 0 aliphatic rings. The highest BCUT2D eigenvalue weighted by atomic mass is 16.5. The molecule has 1 aromatic carbocycles. The van der Waals surface area contributed by atoms with E-state index < -0.39 is 5.97 Å². The zero-order chi connectivity index (χ0) is 11.1. The van der Waals surface area contributed by atoms with Crippen molar-refractivity contribution in [3.8, 4) is 0 Å². The fourth-order valence-electron chi connectivity index (χ4n) is 1.04. The van der Waals surface area contributed by atoms with Crippen LogP contribution >= 0.6 is 0 Å². The standard InChI is InChI=1S/C12H12O3/c1-10(8-13)7-12(14)15-9-11-5-3-2-4-6-11/h2-6H,7,9H2,1H3. The van der Waals surface area contributed by atoms with Crippen molar-refractivity contribution >= 4 is 11.9 Å². The van der Waals surface area contributed by atoms with Crippen LogP contribution in [0.25, 0.3) is 0 Å². The van der Waals surface area contributed by atoms with Crippen LogP contribution in [0.3, 0.4) is 0 Å². The van der Waals surface area contributed by atoms with Crippen LogP contribution in [0.1, 0.15) is 18.9 Å². The molecular formula is C12H12O3. The Morgan fingerprint density at radius 2 is 2.00 bits per heavy atom. The molecule has 0 saturated carbocycles. The maximum atomic E-state index is 11.2. The molecule has 0 bridgehead atoms. The number of hydrogen-bond donors (Lipinski definition) is 0. The Hall–Kier alpha value is -1.86. The van der Waals surface area contributed by atoms with Gasteiger partial charge < -0.3 is 4.74 Å². The molecule has 0 fully saturated rings. The molecular weight excluding hydrogens is 192 g/mol. The van der Waals surface area contributed by atoms with Crippen molar-refractivity contribution in [2.24, 2.45) is 0 Å². The fraction of sp³-hybridized carbons (Fsp3) is 0.250. The van der Waals surface area contributed by atoms with Gasteiger partial charge in [0.15, 0.2) is 0 Å². The molecule has 0 unspecified atom stereocenters. The number of rotatable bonds is 4. The molecule has 1 rings (SSSR count). The normalized spacial score (nSPS) is 9.13. The van der Waals surface area contributed by atoms with Gasteiger partial charge in [-0.25, -0.2) is 4.79 Å². The highest BCUT2D eigenvalue weighted by molar-refractivity contribution is 5.75. The summed E-state index contributed by atoms with van der Waals surface area (Å²) < 4.78 is 4.96. The molecule has 15 heavy (non-hydrogen) atoms. The number of ether oxygens (including phenoxy) is 1. The van der Waals surface area contributed by atoms with Crippen LogP contribution in [0, 0.1) is 0 Å². The van der Waals surface area contributed by atoms with E-state index in [0.717, 1.165) is 5.56 Å². The monoisotopic (exact) mass is 204 g/mol. The average Bonchev–Trinajstić information content (AvgIpc) is 2.27. The molecule has 0 heterocycles. The molecule has 78 valence electrons. The van der Waals surface area contributed by atoms with Crippen LogP contribution in [0.5, 0.6) is 0 Å². The molecule has 3 heteroatoms. The van der Waals surface area contributed by atoms with Crippen LogP contribution in [-0.2, 0) is 20.9 Å². The van der Waals surface area contributed by atoms with E-state index in [1.165, 1.54) is 0 Å². The minimum absolute atomic E-state index is 0.0103. The van der Waals surface area contributed by atoms with Gasteiger partial charge in [-0.3, -0.25) is 4.79 Å². The molecule has 0 radical (unpaired) electrons. The van der Waals surface area contributed by atoms with Crippen LogP contribution in [0.4, 0.5) is 0 Å². The Labute approximate surface area is 88.4 Å². The lowest BCUT2D eigenvalue weighted by molar-refractivity contribution is -0.144. The number of benzene rings is 1. The van der Waals surface area contributed by atoms with Gasteiger partial charge in [-0.15, -0.1) is 0 Å². The van der Waals surface area contributed by atoms with E-state index in [9.17, 15) is 9.59 Å². The minimum atomic E-state index is -0.403. The molecule has 0 spiro atoms. The third-order valence-corrected chi connectivity index (χ3v) is 1.83. The summed E-state index contributed by atoms with van der Waals surface area (Å²) in [5, 5.41) is 0. The van der Waals surface area contributed by atoms with Crippen molar-refractivity contribution in [2.45, 2.75) is 20.0 Å². The summed E-state index contributed by atoms with van der Waals surface area (Å²) >= 11 is 0. The first kappa shape index (κ1) is 11.2. The van der Waals surface area contributed by atoms with E-state index in [1.807, 2.05) is 30.3 Å². The topological polar surface area (TPSA) is 43.4 Å². The van der Waals surface area contributed by atoms with Crippen molar-refractivity contribution in [3.05, 3.63) is 41.5 Å². The molecule has 0 aliphatic heterocycles. The molecule has 1 aromatic rings. The number of hydrogen-bond acceptors (Lipinski definition) is 3. The lowest BCUT2D eigenvalue weighted by Crippen LogP contribution is -2.04. The second kappa shape index (κ2) is 5.78. The Balaban J connectivity index is 2.38. The summed E-state index contributed by atoms with van der Waals surface area (Å²) in [6.45, 7) is 1.79. The van der Waals surface area contributed by atoms with E-state index in [1.54, 1.807) is 12.9 Å². The first-order chi connectivity index (χ1) is 7.22. The molecule has 0 aromatic heterocycles. The molecule has 3 nitrogen and oxygen atoms in total. The summed E-state index contributed by atoms with van der Waals surface area (Å²) in [5.41, 5.74) is 1.28. The summed E-state index contributed by atoms with van der Waals surface area (Å²) in [5.74, 6) is 1.26. The predicted octanol–water partition coefficient (Wildman–Crippen LogP) is 1.90. The van der Waals surface area contributed by atoms with E-state index >= 15 is 0 Å². The molecule has 0 N–H and O–H groups in total. The summed E-state index contributed by atoms with van der Waals surface area (Å²) in [6.07, 6.45) is 0.0103. The molecule has 0 amide bonds. The molecule has 0 aliphatic carbocycles. The second-order valence-corrected chi connectivity index (χ2v) is 3.21. The Morgan fingerprint density at radius 3 is 2.60 bits per heavy atom. The van der Waals surface area contributed by atoms with Crippen molar-refractivity contribution in [3.63, 3.8) is 0 Å². The lowest BCUT2D eigenvalue weighted by atomic mass is 10.2. The van der Waals surface area contributed by atoms with Crippen LogP contribution in [-0.4, -0.2) is 11.9 Å². The maximum Gasteiger partial charge on any atom is 0.311 e. The van der Waals surface area contributed by atoms with Gasteiger partial charge in [-0.2, -0.15) is 0 Å². The third-order valence-electron chi connectivity index (χ3n) is 1.83. The average molecular weight is 204 g/mol. The first-order valence-electron chi connectivity index (χ1n) is 4.62. The van der Waals surface area contributed by atoms with Crippen molar-refractivity contribution < 1.29 is 14.3 Å². The molecule has 0 saturated heterocycles. The van der Waals surface area contributed by atoms with Crippen molar-refractivity contribution in [1.29, 1.82) is 0 Å². The highest BCUT2D eigenvalue weighted by Gasteiger charge is 2.04. The molecule has 0 atom stereocenters. The van der Waals surface area contributed by atoms with E-state index in [2.05, 4.69) is 0 Å². The highest BCUT2D eigenvalue weighted by Crippen LogP contribution is 2.03. The van der Waals surface area contributed by atoms with Gasteiger partial charge in [-0.05, 0) is 12.5 Å². The Kier molecular flexibility index (Phi) is 4.32. The Bertz CT molecular complexity index is 375. The quantitative estimate of drug-likeness (QED) is 0.555. The van der Waals surface area contributed by atoms with Crippen molar-refractivity contribution in [2.75, 3.05) is 0 Å². The summed E-state index contributed by atoms with van der Waals surface area (Å²) in [6, 6.07) is 9.38. The van der Waals surface area contributed by atoms with Gasteiger partial charge in [-0.1, -0.05) is 30.3 Å². The predicted molar refractivity (Wildman–Crippen MR) is 55.7 cm³/mol. The summed E-state index contributed by atoms with van der Waals surface area (Å²) in [7, 11) is 0. The first-order valence-corrected chi connectivity index (χ1v) is 4.62. The van der Waals surface area contributed by atoms with Crippen LogP contribution < -0.4 is 0 Å². The summed E-state index contributed by atoms with van der Waals surface area (Å²) in [4.78, 5) is 21.3. The van der Waals surface area contributed by atoms with Gasteiger partial charge in [0.2, 0.25) is 0 Å². The van der Waals surface area contributed by atoms with Gasteiger partial charge in [0, 0.05) is 5.57 Å². The smallest absolute Gasteiger partial charge is 0.311 e. The third kappa shape index (κ3) is 4.25. The minimum Gasteiger partial charge on any atom is -0.461 e. The number of carbonyl (C=O) groups is 1. The fourth-order valence-corrected chi connectivity index (χ4v) is 1.04.